The molecular weight excluding hydrogens is 253 g/mol. The molecular formula is C8H5BrClN3. The Morgan fingerprint density at radius 2 is 1.92 bits per heavy atom. The molecule has 0 atom stereocenters. The SMILES string of the molecule is Clc1ncnn1-c1ccc(Br)cc1. The predicted molar refractivity (Wildman–Crippen MR) is 54.1 cm³/mol. The van der Waals surface area contributed by atoms with Gasteiger partial charge in [-0.1, -0.05) is 15.9 Å². The van der Waals surface area contributed by atoms with Gasteiger partial charge in [-0.3, -0.25) is 0 Å². The maximum absolute atomic E-state index is 5.79. The van der Waals surface area contributed by atoms with Crippen molar-refractivity contribution in [2.45, 2.75) is 0 Å². The van der Waals surface area contributed by atoms with Crippen LogP contribution in [-0.4, -0.2) is 14.8 Å². The molecule has 1 heterocycles. The summed E-state index contributed by atoms with van der Waals surface area (Å²) in [6.45, 7) is 0. The molecule has 3 nitrogen and oxygen atoms in total. The van der Waals surface area contributed by atoms with Gasteiger partial charge in [0.2, 0.25) is 5.28 Å². The van der Waals surface area contributed by atoms with Gasteiger partial charge in [0.05, 0.1) is 5.69 Å². The van der Waals surface area contributed by atoms with Crippen LogP contribution >= 0.6 is 27.5 Å². The van der Waals surface area contributed by atoms with Crippen LogP contribution in [-0.2, 0) is 0 Å². The first-order chi connectivity index (χ1) is 6.27. The second-order valence-corrected chi connectivity index (χ2v) is 3.67. The summed E-state index contributed by atoms with van der Waals surface area (Å²) in [5.41, 5.74) is 0.894. The van der Waals surface area contributed by atoms with Crippen LogP contribution in [0.1, 0.15) is 0 Å². The average Bonchev–Trinajstić information content (AvgIpc) is 2.53. The number of rotatable bonds is 1. The highest BCUT2D eigenvalue weighted by molar-refractivity contribution is 9.10. The van der Waals surface area contributed by atoms with E-state index in [9.17, 15) is 0 Å². The standard InChI is InChI=1S/C8H5BrClN3/c9-6-1-3-7(4-2-6)13-8(10)11-5-12-13/h1-5H. The van der Waals surface area contributed by atoms with Crippen LogP contribution in [0.3, 0.4) is 0 Å². The fourth-order valence-electron chi connectivity index (χ4n) is 0.983. The summed E-state index contributed by atoms with van der Waals surface area (Å²) in [4.78, 5) is 3.82. The molecule has 2 rings (SSSR count). The van der Waals surface area contributed by atoms with Crippen LogP contribution in [0.2, 0.25) is 5.28 Å². The lowest BCUT2D eigenvalue weighted by Gasteiger charge is -2.00. The van der Waals surface area contributed by atoms with E-state index in [-0.39, 0.29) is 0 Å². The molecule has 0 radical (unpaired) electrons. The van der Waals surface area contributed by atoms with Gasteiger partial charge < -0.3 is 0 Å². The van der Waals surface area contributed by atoms with E-state index in [1.54, 1.807) is 4.68 Å². The molecule has 2 aromatic rings. The number of hydrogen-bond acceptors (Lipinski definition) is 2. The fraction of sp³-hybridized carbons (Fsp3) is 0. The Kier molecular flexibility index (Phi) is 2.33. The molecule has 5 heteroatoms. The maximum Gasteiger partial charge on any atom is 0.225 e. The van der Waals surface area contributed by atoms with Gasteiger partial charge in [0.15, 0.2) is 0 Å². The molecule has 0 fully saturated rings. The summed E-state index contributed by atoms with van der Waals surface area (Å²) in [5.74, 6) is 0. The molecule has 0 aliphatic carbocycles. The number of benzene rings is 1. The lowest BCUT2D eigenvalue weighted by molar-refractivity contribution is 0.879. The average molecular weight is 259 g/mol. The molecule has 1 aromatic carbocycles. The van der Waals surface area contributed by atoms with Crippen LogP contribution in [0.5, 0.6) is 0 Å². The third-order valence-electron chi connectivity index (χ3n) is 1.58. The highest BCUT2D eigenvalue weighted by Gasteiger charge is 2.02. The van der Waals surface area contributed by atoms with Crippen molar-refractivity contribution in [3.05, 3.63) is 40.3 Å². The fourth-order valence-corrected chi connectivity index (χ4v) is 1.43. The molecule has 0 unspecified atom stereocenters. The van der Waals surface area contributed by atoms with Gasteiger partial charge in [-0.2, -0.15) is 5.10 Å². The zero-order valence-corrected chi connectivity index (χ0v) is 8.83. The van der Waals surface area contributed by atoms with Crippen molar-refractivity contribution in [1.82, 2.24) is 14.8 Å². The second-order valence-electron chi connectivity index (χ2n) is 2.42. The summed E-state index contributed by atoms with van der Waals surface area (Å²) in [6.07, 6.45) is 1.42. The summed E-state index contributed by atoms with van der Waals surface area (Å²) >= 11 is 9.14. The molecule has 13 heavy (non-hydrogen) atoms. The van der Waals surface area contributed by atoms with Crippen LogP contribution in [0.25, 0.3) is 5.69 Å². The van der Waals surface area contributed by atoms with Gasteiger partial charge in [0.25, 0.3) is 0 Å². The molecule has 0 N–H and O–H groups in total. The van der Waals surface area contributed by atoms with E-state index >= 15 is 0 Å². The van der Waals surface area contributed by atoms with Crippen LogP contribution in [0.4, 0.5) is 0 Å². The van der Waals surface area contributed by atoms with Gasteiger partial charge in [0, 0.05) is 4.47 Å². The molecule has 0 amide bonds. The van der Waals surface area contributed by atoms with Crippen LogP contribution in [0.15, 0.2) is 35.1 Å². The predicted octanol–water partition coefficient (Wildman–Crippen LogP) is 2.68. The summed E-state index contributed by atoms with van der Waals surface area (Å²) in [6, 6.07) is 7.66. The van der Waals surface area contributed by atoms with Crippen molar-refractivity contribution in [2.24, 2.45) is 0 Å². The van der Waals surface area contributed by atoms with Crippen molar-refractivity contribution in [3.8, 4) is 5.69 Å². The summed E-state index contributed by atoms with van der Waals surface area (Å²) in [5, 5.41) is 4.34. The Morgan fingerprint density at radius 1 is 1.23 bits per heavy atom. The number of nitrogens with zero attached hydrogens (tertiary/aromatic N) is 3. The third-order valence-corrected chi connectivity index (χ3v) is 2.36. The minimum atomic E-state index is 0.363. The molecule has 0 spiro atoms. The minimum absolute atomic E-state index is 0.363. The Labute approximate surface area is 88.5 Å². The lowest BCUT2D eigenvalue weighted by atomic mass is 10.3. The van der Waals surface area contributed by atoms with Gasteiger partial charge in [-0.15, -0.1) is 0 Å². The van der Waals surface area contributed by atoms with E-state index in [1.807, 2.05) is 24.3 Å². The van der Waals surface area contributed by atoms with Crippen LogP contribution in [0, 0.1) is 0 Å². The third kappa shape index (κ3) is 1.73. The molecule has 66 valence electrons. The first kappa shape index (κ1) is 8.72. The number of hydrogen-bond donors (Lipinski definition) is 0. The summed E-state index contributed by atoms with van der Waals surface area (Å²) < 4.78 is 2.58. The Morgan fingerprint density at radius 3 is 2.46 bits per heavy atom. The number of halogens is 2. The zero-order valence-electron chi connectivity index (χ0n) is 6.48. The van der Waals surface area contributed by atoms with Gasteiger partial charge in [-0.25, -0.2) is 9.67 Å². The first-order valence-corrected chi connectivity index (χ1v) is 4.76. The molecule has 0 aliphatic heterocycles. The zero-order chi connectivity index (χ0) is 9.26. The van der Waals surface area contributed by atoms with Crippen molar-refractivity contribution < 1.29 is 0 Å². The quantitative estimate of drug-likeness (QED) is 0.787. The van der Waals surface area contributed by atoms with E-state index in [4.69, 9.17) is 11.6 Å². The van der Waals surface area contributed by atoms with Crippen LogP contribution < -0.4 is 0 Å². The van der Waals surface area contributed by atoms with E-state index in [2.05, 4.69) is 26.0 Å². The molecule has 0 bridgehead atoms. The monoisotopic (exact) mass is 257 g/mol. The molecule has 0 aliphatic rings. The van der Waals surface area contributed by atoms with Gasteiger partial charge in [0.1, 0.15) is 6.33 Å². The highest BCUT2D eigenvalue weighted by Crippen LogP contribution is 2.15. The van der Waals surface area contributed by atoms with Gasteiger partial charge >= 0.3 is 0 Å². The van der Waals surface area contributed by atoms with E-state index in [1.165, 1.54) is 6.33 Å². The van der Waals surface area contributed by atoms with E-state index < -0.39 is 0 Å². The molecule has 0 saturated carbocycles. The maximum atomic E-state index is 5.79. The first-order valence-electron chi connectivity index (χ1n) is 3.59. The lowest BCUT2D eigenvalue weighted by Crippen LogP contribution is -1.95. The Bertz CT molecular complexity index is 410. The normalized spacial score (nSPS) is 10.3. The molecule has 1 aromatic heterocycles. The molecule has 0 saturated heterocycles. The van der Waals surface area contributed by atoms with E-state index in [0.717, 1.165) is 10.2 Å². The smallest absolute Gasteiger partial charge is 0.204 e. The topological polar surface area (TPSA) is 30.7 Å². The Hall–Kier alpha value is -0.870. The van der Waals surface area contributed by atoms with Crippen molar-refractivity contribution in [3.63, 3.8) is 0 Å². The highest BCUT2D eigenvalue weighted by atomic mass is 79.9. The van der Waals surface area contributed by atoms with Crippen molar-refractivity contribution in [1.29, 1.82) is 0 Å². The second kappa shape index (κ2) is 3.47. The van der Waals surface area contributed by atoms with Crippen molar-refractivity contribution >= 4 is 27.5 Å². The largest absolute Gasteiger partial charge is 0.225 e. The minimum Gasteiger partial charge on any atom is -0.204 e. The van der Waals surface area contributed by atoms with Gasteiger partial charge in [-0.05, 0) is 35.9 Å². The van der Waals surface area contributed by atoms with E-state index in [0.29, 0.717) is 5.28 Å². The Balaban J connectivity index is 2.47. The summed E-state index contributed by atoms with van der Waals surface area (Å²) in [7, 11) is 0. The van der Waals surface area contributed by atoms with Crippen molar-refractivity contribution in [2.75, 3.05) is 0 Å². The number of aromatic nitrogens is 3.